The van der Waals surface area contributed by atoms with Crippen molar-refractivity contribution in [2.75, 3.05) is 31.1 Å². The van der Waals surface area contributed by atoms with E-state index in [9.17, 15) is 4.79 Å². The van der Waals surface area contributed by atoms with Gasteiger partial charge in [-0.1, -0.05) is 66.2 Å². The average Bonchev–Trinajstić information content (AvgIpc) is 3.27. The third kappa shape index (κ3) is 6.05. The number of carbonyl (C=O) groups is 1. The van der Waals surface area contributed by atoms with Crippen LogP contribution in [0.15, 0.2) is 36.5 Å². The predicted octanol–water partition coefficient (Wildman–Crippen LogP) is 5.83. The molecule has 1 amide bonds. The molecule has 194 valence electrons. The molecule has 0 bridgehead atoms. The molecule has 4 rings (SSSR count). The van der Waals surface area contributed by atoms with Crippen LogP contribution in [0.3, 0.4) is 0 Å². The zero-order valence-corrected chi connectivity index (χ0v) is 22.9. The highest BCUT2D eigenvalue weighted by atomic mass is 16.2. The number of amides is 1. The maximum Gasteiger partial charge on any atom is 0.222 e. The quantitative estimate of drug-likeness (QED) is 0.397. The Kier molecular flexibility index (Phi) is 7.96. The number of aromatic nitrogens is 4. The number of hydrogen-bond donors (Lipinski definition) is 0. The molecule has 0 radical (unpaired) electrons. The van der Waals surface area contributed by atoms with E-state index in [2.05, 4.69) is 58.6 Å². The van der Waals surface area contributed by atoms with Gasteiger partial charge >= 0.3 is 0 Å². The molecule has 0 aliphatic carbocycles. The molecule has 0 N–H and O–H groups in total. The van der Waals surface area contributed by atoms with Gasteiger partial charge in [-0.3, -0.25) is 4.79 Å². The summed E-state index contributed by atoms with van der Waals surface area (Å²) in [5, 5.41) is 5.66. The Morgan fingerprint density at radius 1 is 1.03 bits per heavy atom. The molecule has 0 unspecified atom stereocenters. The summed E-state index contributed by atoms with van der Waals surface area (Å²) in [5.74, 6) is 2.74. The average molecular weight is 491 g/mol. The molecule has 7 nitrogen and oxygen atoms in total. The molecule has 1 aromatic carbocycles. The van der Waals surface area contributed by atoms with Crippen LogP contribution < -0.4 is 4.90 Å². The van der Waals surface area contributed by atoms with Gasteiger partial charge in [0.05, 0.1) is 17.3 Å². The Bertz CT molecular complexity index is 1160. The topological polar surface area (TPSA) is 67.2 Å². The lowest BCUT2D eigenvalue weighted by atomic mass is 9.84. The molecule has 2 aromatic heterocycles. The maximum absolute atomic E-state index is 13.0. The van der Waals surface area contributed by atoms with Crippen LogP contribution >= 0.6 is 0 Å². The highest BCUT2D eigenvalue weighted by Crippen LogP contribution is 2.30. The number of piperazine rings is 1. The number of para-hydroxylation sites is 1. The first-order valence-corrected chi connectivity index (χ1v) is 13.5. The summed E-state index contributed by atoms with van der Waals surface area (Å²) < 4.78 is 1.92. The fraction of sp³-hybridized carbons (Fsp3) is 0.586. The summed E-state index contributed by atoms with van der Waals surface area (Å²) in [6.07, 6.45) is 5.70. The lowest BCUT2D eigenvalue weighted by Crippen LogP contribution is -2.49. The van der Waals surface area contributed by atoms with Crippen molar-refractivity contribution in [3.63, 3.8) is 0 Å². The highest BCUT2D eigenvalue weighted by Gasteiger charge is 2.27. The summed E-state index contributed by atoms with van der Waals surface area (Å²) in [6, 6.07) is 10.1. The SMILES string of the molecule is CCC[C@H](C)c1nc(N2CCN(C(=O)C[C@@H](C)CC(C)(C)C)CC2)c2cnn(-c3ccccc3)c2n1. The minimum Gasteiger partial charge on any atom is -0.352 e. The molecule has 2 atom stereocenters. The van der Waals surface area contributed by atoms with Crippen molar-refractivity contribution in [1.82, 2.24) is 24.6 Å². The van der Waals surface area contributed by atoms with Crippen molar-refractivity contribution >= 4 is 22.8 Å². The van der Waals surface area contributed by atoms with E-state index in [-0.39, 0.29) is 17.2 Å². The van der Waals surface area contributed by atoms with Crippen LogP contribution in [0.25, 0.3) is 16.7 Å². The van der Waals surface area contributed by atoms with Gasteiger partial charge in [0, 0.05) is 38.5 Å². The Labute approximate surface area is 215 Å². The monoisotopic (exact) mass is 490 g/mol. The molecule has 1 aliphatic rings. The highest BCUT2D eigenvalue weighted by molar-refractivity contribution is 5.88. The number of nitrogens with zero attached hydrogens (tertiary/aromatic N) is 6. The Balaban J connectivity index is 1.56. The van der Waals surface area contributed by atoms with Gasteiger partial charge in [-0.25, -0.2) is 14.6 Å². The van der Waals surface area contributed by atoms with Gasteiger partial charge in [-0.05, 0) is 36.3 Å². The van der Waals surface area contributed by atoms with E-state index in [0.29, 0.717) is 12.3 Å². The predicted molar refractivity (Wildman–Crippen MR) is 147 cm³/mol. The minimum absolute atomic E-state index is 0.244. The zero-order chi connectivity index (χ0) is 25.9. The van der Waals surface area contributed by atoms with E-state index < -0.39 is 0 Å². The molecule has 0 saturated carbocycles. The first-order valence-electron chi connectivity index (χ1n) is 13.5. The molecular formula is C29H42N6O. The lowest BCUT2D eigenvalue weighted by molar-refractivity contribution is -0.132. The van der Waals surface area contributed by atoms with Gasteiger partial charge in [-0.15, -0.1) is 0 Å². The van der Waals surface area contributed by atoms with Crippen LogP contribution in [0.4, 0.5) is 5.82 Å². The molecule has 1 aliphatic heterocycles. The number of hydrogen-bond acceptors (Lipinski definition) is 5. The third-order valence-electron chi connectivity index (χ3n) is 7.00. The Hall–Kier alpha value is -2.96. The molecule has 1 fully saturated rings. The second-order valence-corrected chi connectivity index (χ2v) is 11.7. The van der Waals surface area contributed by atoms with Crippen molar-refractivity contribution in [3.05, 3.63) is 42.4 Å². The Morgan fingerprint density at radius 2 is 1.72 bits per heavy atom. The van der Waals surface area contributed by atoms with Crippen LogP contribution in [-0.2, 0) is 4.79 Å². The fourth-order valence-electron chi connectivity index (χ4n) is 5.40. The van der Waals surface area contributed by atoms with Gasteiger partial charge in [-0.2, -0.15) is 5.10 Å². The van der Waals surface area contributed by atoms with Crippen molar-refractivity contribution in [3.8, 4) is 5.69 Å². The maximum atomic E-state index is 13.0. The number of carbonyl (C=O) groups excluding carboxylic acids is 1. The Morgan fingerprint density at radius 3 is 2.36 bits per heavy atom. The number of fused-ring (bicyclic) bond motifs is 1. The number of anilines is 1. The van der Waals surface area contributed by atoms with E-state index in [4.69, 9.17) is 15.1 Å². The van der Waals surface area contributed by atoms with E-state index in [1.54, 1.807) is 0 Å². The van der Waals surface area contributed by atoms with Crippen LogP contribution in [0.1, 0.15) is 79.0 Å². The summed E-state index contributed by atoms with van der Waals surface area (Å²) in [7, 11) is 0. The fourth-order valence-corrected chi connectivity index (χ4v) is 5.40. The van der Waals surface area contributed by atoms with Crippen molar-refractivity contribution in [2.45, 2.75) is 73.1 Å². The molecule has 3 heterocycles. The van der Waals surface area contributed by atoms with Crippen LogP contribution in [-0.4, -0.2) is 56.7 Å². The second-order valence-electron chi connectivity index (χ2n) is 11.7. The van der Waals surface area contributed by atoms with E-state index in [0.717, 1.165) is 73.8 Å². The van der Waals surface area contributed by atoms with Crippen LogP contribution in [0.5, 0.6) is 0 Å². The summed E-state index contributed by atoms with van der Waals surface area (Å²) in [6.45, 7) is 16.3. The van der Waals surface area contributed by atoms with E-state index in [1.165, 1.54) is 0 Å². The first kappa shape index (κ1) is 26.1. The van der Waals surface area contributed by atoms with Gasteiger partial charge in [0.1, 0.15) is 11.6 Å². The smallest absolute Gasteiger partial charge is 0.222 e. The van der Waals surface area contributed by atoms with Gasteiger partial charge in [0.15, 0.2) is 5.65 Å². The minimum atomic E-state index is 0.244. The van der Waals surface area contributed by atoms with Gasteiger partial charge in [0.25, 0.3) is 0 Å². The molecule has 0 spiro atoms. The molecule has 7 heteroatoms. The van der Waals surface area contributed by atoms with E-state index in [1.807, 2.05) is 34.0 Å². The first-order chi connectivity index (χ1) is 17.2. The lowest BCUT2D eigenvalue weighted by Gasteiger charge is -2.36. The molecule has 3 aromatic rings. The summed E-state index contributed by atoms with van der Waals surface area (Å²) in [4.78, 5) is 27.4. The van der Waals surface area contributed by atoms with Crippen LogP contribution in [0.2, 0.25) is 0 Å². The molecule has 1 saturated heterocycles. The van der Waals surface area contributed by atoms with E-state index >= 15 is 0 Å². The molecule has 36 heavy (non-hydrogen) atoms. The standard InChI is InChI=1S/C29H42N6O/c1-7-11-22(3)26-31-27(24-20-30-35(28(24)32-26)23-12-9-8-10-13-23)34-16-14-33(15-17-34)25(36)18-21(2)19-29(4,5)6/h8-10,12-13,20-22H,7,11,14-19H2,1-6H3/t21-,22+/m1/s1. The summed E-state index contributed by atoms with van der Waals surface area (Å²) in [5.41, 5.74) is 2.08. The number of benzene rings is 1. The van der Waals surface area contributed by atoms with Gasteiger partial charge in [0.2, 0.25) is 5.91 Å². The molecular weight excluding hydrogens is 448 g/mol. The largest absolute Gasteiger partial charge is 0.352 e. The van der Waals surface area contributed by atoms with Crippen molar-refractivity contribution in [1.29, 1.82) is 0 Å². The number of rotatable bonds is 8. The van der Waals surface area contributed by atoms with Gasteiger partial charge < -0.3 is 9.80 Å². The van der Waals surface area contributed by atoms with Crippen molar-refractivity contribution in [2.24, 2.45) is 11.3 Å². The van der Waals surface area contributed by atoms with Crippen molar-refractivity contribution < 1.29 is 4.79 Å². The van der Waals surface area contributed by atoms with Crippen LogP contribution in [0, 0.1) is 11.3 Å². The zero-order valence-electron chi connectivity index (χ0n) is 22.9. The second kappa shape index (κ2) is 11.0. The summed E-state index contributed by atoms with van der Waals surface area (Å²) >= 11 is 0. The normalized spacial score (nSPS) is 16.4. The third-order valence-corrected chi connectivity index (χ3v) is 7.00.